The van der Waals surface area contributed by atoms with Crippen LogP contribution >= 0.6 is 0 Å². The van der Waals surface area contributed by atoms with Gasteiger partial charge in [-0.25, -0.2) is 18.6 Å². The highest BCUT2D eigenvalue weighted by molar-refractivity contribution is 5.81. The van der Waals surface area contributed by atoms with Gasteiger partial charge in [0.2, 0.25) is 0 Å². The summed E-state index contributed by atoms with van der Waals surface area (Å²) in [7, 11) is 0. The minimum Gasteiger partial charge on any atom is -0.460 e. The molecule has 0 aliphatic heterocycles. The number of carbonyl (C=O) groups excluding carboxylic acids is 1. The van der Waals surface area contributed by atoms with Crippen LogP contribution in [0.2, 0.25) is 0 Å². The number of hydrogen-bond acceptors (Lipinski definition) is 4. The van der Waals surface area contributed by atoms with Crippen LogP contribution in [0.3, 0.4) is 0 Å². The van der Waals surface area contributed by atoms with Gasteiger partial charge < -0.3 is 14.4 Å². The van der Waals surface area contributed by atoms with Crippen LogP contribution in [0.15, 0.2) is 42.7 Å². The van der Waals surface area contributed by atoms with E-state index in [9.17, 15) is 18.7 Å². The number of esters is 1. The smallest absolute Gasteiger partial charge is 0.343 e. The molecule has 0 radical (unpaired) electrons. The fourth-order valence-corrected chi connectivity index (χ4v) is 3.63. The number of hydrogen-bond donors (Lipinski definition) is 1. The van der Waals surface area contributed by atoms with Gasteiger partial charge in [-0.2, -0.15) is 0 Å². The zero-order valence-corrected chi connectivity index (χ0v) is 16.1. The summed E-state index contributed by atoms with van der Waals surface area (Å²) in [5.74, 6) is -2.67. The van der Waals surface area contributed by atoms with Gasteiger partial charge in [-0.3, -0.25) is 0 Å². The molecule has 1 saturated carbocycles. The second kappa shape index (κ2) is 7.99. The molecule has 0 saturated heterocycles. The average Bonchev–Trinajstić information content (AvgIpc) is 3.26. The second-order valence-electron chi connectivity index (χ2n) is 7.74. The highest BCUT2D eigenvalue weighted by atomic mass is 19.3. The van der Waals surface area contributed by atoms with Crippen molar-refractivity contribution in [2.24, 2.45) is 0 Å². The molecule has 2 aromatic rings. The van der Waals surface area contributed by atoms with Crippen molar-refractivity contribution in [2.45, 2.75) is 69.6 Å². The monoisotopic (exact) mass is 392 g/mol. The van der Waals surface area contributed by atoms with Gasteiger partial charge in [0.25, 0.3) is 5.92 Å². The topological polar surface area (TPSA) is 64.3 Å². The lowest BCUT2D eigenvalue weighted by atomic mass is 9.90. The van der Waals surface area contributed by atoms with E-state index in [1.54, 1.807) is 42.7 Å². The Kier molecular flexibility index (Phi) is 5.84. The number of ether oxygens (including phenoxy) is 1. The van der Waals surface area contributed by atoms with Crippen molar-refractivity contribution >= 4 is 5.97 Å². The number of alkyl halides is 2. The molecule has 152 valence electrons. The zero-order valence-electron chi connectivity index (χ0n) is 16.1. The summed E-state index contributed by atoms with van der Waals surface area (Å²) in [5, 5.41) is 11.3. The van der Waals surface area contributed by atoms with Crippen LogP contribution in [-0.4, -0.2) is 32.7 Å². The largest absolute Gasteiger partial charge is 0.460 e. The number of halogens is 2. The summed E-state index contributed by atoms with van der Waals surface area (Å²) < 4.78 is 34.1. The van der Waals surface area contributed by atoms with Crippen molar-refractivity contribution in [3.63, 3.8) is 0 Å². The molecule has 1 aromatic heterocycles. The molecular formula is C21H26F2N2O3. The van der Waals surface area contributed by atoms with Crippen molar-refractivity contribution in [3.8, 4) is 0 Å². The van der Waals surface area contributed by atoms with Crippen molar-refractivity contribution in [1.82, 2.24) is 9.55 Å². The fraction of sp³-hybridized carbons (Fsp3) is 0.524. The van der Waals surface area contributed by atoms with E-state index in [2.05, 4.69) is 4.98 Å². The lowest BCUT2D eigenvalue weighted by Crippen LogP contribution is -2.40. The summed E-state index contributed by atoms with van der Waals surface area (Å²) >= 11 is 0. The number of aromatic nitrogens is 2. The Hall–Kier alpha value is -2.28. The standard InChI is InChI=1S/C21H26F2N2O3/c1-15(2)18-24-11-13-25(18)12-10-21(27,16-6-4-3-5-7-16)19(26)28-17-8-9-20(22,23)14-17/h3-7,11,13,15,17,27H,8-10,12,14H2,1-2H3/t17-,21-/m1/s1. The maximum absolute atomic E-state index is 13.5. The van der Waals surface area contributed by atoms with Crippen molar-refractivity contribution in [3.05, 3.63) is 54.1 Å². The summed E-state index contributed by atoms with van der Waals surface area (Å²) in [6.45, 7) is 4.36. The third-order valence-corrected chi connectivity index (χ3v) is 5.20. The minimum absolute atomic E-state index is 0.0506. The Labute approximate surface area is 163 Å². The molecule has 3 rings (SSSR count). The van der Waals surface area contributed by atoms with Gasteiger partial charge >= 0.3 is 5.97 Å². The summed E-state index contributed by atoms with van der Waals surface area (Å²) in [4.78, 5) is 17.2. The number of nitrogens with zero attached hydrogens (tertiary/aromatic N) is 2. The van der Waals surface area contributed by atoms with Gasteiger partial charge in [0, 0.05) is 44.1 Å². The van der Waals surface area contributed by atoms with E-state index in [-0.39, 0.29) is 25.2 Å². The Morgan fingerprint density at radius 2 is 2.11 bits per heavy atom. The molecule has 1 N–H and O–H groups in total. The molecule has 2 atom stereocenters. The third-order valence-electron chi connectivity index (χ3n) is 5.20. The number of imidazole rings is 1. The quantitative estimate of drug-likeness (QED) is 0.723. The van der Waals surface area contributed by atoms with Crippen LogP contribution in [0.25, 0.3) is 0 Å². The lowest BCUT2D eigenvalue weighted by molar-refractivity contribution is -0.174. The van der Waals surface area contributed by atoms with E-state index in [1.165, 1.54) is 0 Å². The van der Waals surface area contributed by atoms with Crippen LogP contribution in [0.1, 0.15) is 56.8 Å². The molecular weight excluding hydrogens is 366 g/mol. The van der Waals surface area contributed by atoms with Gasteiger partial charge in [-0.15, -0.1) is 0 Å². The number of aliphatic hydroxyl groups is 1. The first-order chi connectivity index (χ1) is 13.2. The Bertz CT molecular complexity index is 807. The molecule has 0 spiro atoms. The van der Waals surface area contributed by atoms with Crippen LogP contribution in [-0.2, 0) is 21.7 Å². The Morgan fingerprint density at radius 1 is 1.39 bits per heavy atom. The SMILES string of the molecule is CC(C)c1nccn1CC[C@](O)(C(=O)O[C@@H]1CCC(F)(F)C1)c1ccccc1. The van der Waals surface area contributed by atoms with Crippen molar-refractivity contribution in [2.75, 3.05) is 0 Å². The van der Waals surface area contributed by atoms with E-state index >= 15 is 0 Å². The molecule has 0 bridgehead atoms. The van der Waals surface area contributed by atoms with Gasteiger partial charge in [0.15, 0.2) is 5.60 Å². The Balaban J connectivity index is 1.80. The molecule has 1 aliphatic carbocycles. The average molecular weight is 392 g/mol. The molecule has 1 heterocycles. The van der Waals surface area contributed by atoms with Crippen LogP contribution < -0.4 is 0 Å². The first kappa shape index (κ1) is 20.5. The summed E-state index contributed by atoms with van der Waals surface area (Å²) in [6, 6.07) is 8.49. The molecule has 28 heavy (non-hydrogen) atoms. The molecule has 1 aromatic carbocycles. The molecule has 0 amide bonds. The van der Waals surface area contributed by atoms with Crippen LogP contribution in [0, 0.1) is 0 Å². The minimum atomic E-state index is -2.82. The van der Waals surface area contributed by atoms with E-state index in [0.717, 1.165) is 5.82 Å². The number of benzene rings is 1. The van der Waals surface area contributed by atoms with Crippen LogP contribution in [0.5, 0.6) is 0 Å². The van der Waals surface area contributed by atoms with Crippen LogP contribution in [0.4, 0.5) is 8.78 Å². The highest BCUT2D eigenvalue weighted by Gasteiger charge is 2.45. The second-order valence-corrected chi connectivity index (χ2v) is 7.74. The number of carbonyl (C=O) groups is 1. The van der Waals surface area contributed by atoms with Crippen molar-refractivity contribution in [1.29, 1.82) is 0 Å². The van der Waals surface area contributed by atoms with Gasteiger partial charge in [0.05, 0.1) is 0 Å². The lowest BCUT2D eigenvalue weighted by Gasteiger charge is -2.28. The molecule has 7 heteroatoms. The van der Waals surface area contributed by atoms with Gasteiger partial charge in [-0.1, -0.05) is 44.2 Å². The molecule has 1 aliphatic rings. The number of rotatable bonds is 7. The van der Waals surface area contributed by atoms with Gasteiger partial charge in [0.1, 0.15) is 11.9 Å². The highest BCUT2D eigenvalue weighted by Crippen LogP contribution is 2.38. The van der Waals surface area contributed by atoms with E-state index in [0.29, 0.717) is 12.1 Å². The van der Waals surface area contributed by atoms with E-state index in [4.69, 9.17) is 4.74 Å². The first-order valence-corrected chi connectivity index (χ1v) is 9.59. The molecule has 5 nitrogen and oxygen atoms in total. The fourth-order valence-electron chi connectivity index (χ4n) is 3.63. The summed E-state index contributed by atoms with van der Waals surface area (Å²) in [5.41, 5.74) is -1.53. The van der Waals surface area contributed by atoms with E-state index < -0.39 is 30.0 Å². The Morgan fingerprint density at radius 3 is 2.71 bits per heavy atom. The molecule has 1 fully saturated rings. The summed E-state index contributed by atoms with van der Waals surface area (Å²) in [6.07, 6.45) is 1.94. The maximum Gasteiger partial charge on any atom is 0.343 e. The normalized spacial score (nSPS) is 20.9. The van der Waals surface area contributed by atoms with Crippen molar-refractivity contribution < 1.29 is 23.4 Å². The first-order valence-electron chi connectivity index (χ1n) is 9.59. The third kappa shape index (κ3) is 4.41. The number of aryl methyl sites for hydroxylation is 1. The zero-order chi connectivity index (χ0) is 20.4. The maximum atomic E-state index is 13.5. The molecule has 0 unspecified atom stereocenters. The predicted molar refractivity (Wildman–Crippen MR) is 99.9 cm³/mol. The predicted octanol–water partition coefficient (Wildman–Crippen LogP) is 4.02. The van der Waals surface area contributed by atoms with E-state index in [1.807, 2.05) is 18.4 Å². The van der Waals surface area contributed by atoms with Gasteiger partial charge in [-0.05, 0) is 12.0 Å².